The average molecular weight is 490 g/mol. The first kappa shape index (κ1) is 26.7. The topological polar surface area (TPSA) is 130 Å². The molecule has 2 bridgehead atoms. The number of rotatable bonds is 6. The van der Waals surface area contributed by atoms with E-state index in [0.29, 0.717) is 12.1 Å². The Balaban J connectivity index is 0.000000509. The van der Waals surface area contributed by atoms with Crippen molar-refractivity contribution in [2.45, 2.75) is 94.4 Å². The molecule has 9 nitrogen and oxygen atoms in total. The van der Waals surface area contributed by atoms with E-state index in [4.69, 9.17) is 29.3 Å². The fraction of sp³-hybridized carbons (Fsp3) is 0.615. The summed E-state index contributed by atoms with van der Waals surface area (Å²) in [5, 5.41) is 14.8. The van der Waals surface area contributed by atoms with E-state index in [2.05, 4.69) is 11.9 Å². The zero-order chi connectivity index (χ0) is 25.4. The second-order valence-electron chi connectivity index (χ2n) is 9.61. The summed E-state index contributed by atoms with van der Waals surface area (Å²) in [7, 11) is 2.17. The van der Waals surface area contributed by atoms with Crippen molar-refractivity contribution in [1.82, 2.24) is 4.90 Å². The molecule has 1 aliphatic carbocycles. The molecule has 2 N–H and O–H groups in total. The van der Waals surface area contributed by atoms with E-state index in [-0.39, 0.29) is 30.6 Å². The first-order valence-electron chi connectivity index (χ1n) is 12.4. The standard InChI is InChI=1S/C24H33NO4.C2H2O4/c1-25-18-12-13-19(25)15-21(14-18)28-23(26)16-22(17-8-4-2-5-9-17)24(27)29-20-10-6-3-7-11-20;3-1(4)2(5)6/h2,4-5,8-9,18-22H,3,6-7,10-16H2,1H3;(H,3,4)(H,5,6). The van der Waals surface area contributed by atoms with Crippen molar-refractivity contribution in [1.29, 1.82) is 0 Å². The summed E-state index contributed by atoms with van der Waals surface area (Å²) in [6, 6.07) is 10.6. The minimum Gasteiger partial charge on any atom is -0.473 e. The molecular weight excluding hydrogens is 454 g/mol. The molecule has 1 aromatic rings. The first-order valence-corrected chi connectivity index (χ1v) is 12.4. The molecule has 1 saturated carbocycles. The zero-order valence-electron chi connectivity index (χ0n) is 20.1. The lowest BCUT2D eigenvalue weighted by Crippen LogP contribution is -2.43. The molecule has 0 radical (unpaired) electrons. The number of piperidine rings is 1. The van der Waals surface area contributed by atoms with E-state index in [0.717, 1.165) is 44.1 Å². The second kappa shape index (κ2) is 12.7. The zero-order valence-corrected chi connectivity index (χ0v) is 20.1. The maximum absolute atomic E-state index is 13.0. The highest BCUT2D eigenvalue weighted by atomic mass is 16.6. The second-order valence-corrected chi connectivity index (χ2v) is 9.61. The van der Waals surface area contributed by atoms with Gasteiger partial charge in [-0.15, -0.1) is 0 Å². The van der Waals surface area contributed by atoms with Crippen LogP contribution in [-0.4, -0.2) is 70.3 Å². The van der Waals surface area contributed by atoms with Gasteiger partial charge in [0.2, 0.25) is 0 Å². The maximum Gasteiger partial charge on any atom is 0.414 e. The third-order valence-corrected chi connectivity index (χ3v) is 7.23. The van der Waals surface area contributed by atoms with Crippen LogP contribution in [0.1, 0.15) is 75.7 Å². The molecule has 2 aliphatic heterocycles. The van der Waals surface area contributed by atoms with Gasteiger partial charge in [0.25, 0.3) is 0 Å². The lowest BCUT2D eigenvalue weighted by Gasteiger charge is -2.36. The van der Waals surface area contributed by atoms with Gasteiger partial charge in [0.1, 0.15) is 12.2 Å². The van der Waals surface area contributed by atoms with Crippen LogP contribution in [0.3, 0.4) is 0 Å². The van der Waals surface area contributed by atoms with E-state index >= 15 is 0 Å². The molecule has 0 amide bonds. The van der Waals surface area contributed by atoms with E-state index in [1.807, 2.05) is 30.3 Å². The predicted molar refractivity (Wildman–Crippen MR) is 126 cm³/mol. The van der Waals surface area contributed by atoms with Crippen LogP contribution in [-0.2, 0) is 28.7 Å². The van der Waals surface area contributed by atoms with Crippen molar-refractivity contribution >= 4 is 23.9 Å². The Labute approximate surface area is 205 Å². The van der Waals surface area contributed by atoms with E-state index in [1.54, 1.807) is 0 Å². The number of carboxylic acid groups (broad SMARTS) is 2. The third kappa shape index (κ3) is 7.78. The number of hydrogen-bond donors (Lipinski definition) is 2. The normalized spacial score (nSPS) is 25.0. The molecule has 0 aromatic heterocycles. The number of carboxylic acids is 2. The lowest BCUT2D eigenvalue weighted by molar-refractivity contribution is -0.160. The fourth-order valence-corrected chi connectivity index (χ4v) is 5.31. The molecular formula is C26H35NO8. The van der Waals surface area contributed by atoms with Gasteiger partial charge in [-0.1, -0.05) is 36.8 Å². The lowest BCUT2D eigenvalue weighted by atomic mass is 9.94. The summed E-state index contributed by atoms with van der Waals surface area (Å²) >= 11 is 0. The summed E-state index contributed by atoms with van der Waals surface area (Å²) in [4.78, 5) is 46.4. The number of hydrogen-bond acceptors (Lipinski definition) is 7. The number of fused-ring (bicyclic) bond motifs is 2. The van der Waals surface area contributed by atoms with E-state index in [1.165, 1.54) is 19.3 Å². The summed E-state index contributed by atoms with van der Waals surface area (Å²) in [5.41, 5.74) is 0.828. The number of nitrogens with zero attached hydrogens (tertiary/aromatic N) is 1. The van der Waals surface area contributed by atoms with Crippen molar-refractivity contribution in [3.63, 3.8) is 0 Å². The van der Waals surface area contributed by atoms with Crippen LogP contribution in [0, 0.1) is 0 Å². The van der Waals surface area contributed by atoms with Gasteiger partial charge >= 0.3 is 23.9 Å². The van der Waals surface area contributed by atoms with Crippen molar-refractivity contribution in [3.8, 4) is 0 Å². The van der Waals surface area contributed by atoms with Gasteiger partial charge in [-0.25, -0.2) is 9.59 Å². The molecule has 2 saturated heterocycles. The summed E-state index contributed by atoms with van der Waals surface area (Å²) in [6.07, 6.45) is 9.48. The number of carbonyl (C=O) groups excluding carboxylic acids is 2. The van der Waals surface area contributed by atoms with Gasteiger partial charge in [0.05, 0.1) is 12.3 Å². The first-order chi connectivity index (χ1) is 16.7. The van der Waals surface area contributed by atoms with Gasteiger partial charge in [-0.3, -0.25) is 9.59 Å². The highest BCUT2D eigenvalue weighted by Crippen LogP contribution is 2.36. The highest BCUT2D eigenvalue weighted by molar-refractivity contribution is 6.27. The number of carbonyl (C=O) groups is 4. The largest absolute Gasteiger partial charge is 0.473 e. The molecule has 35 heavy (non-hydrogen) atoms. The van der Waals surface area contributed by atoms with Crippen LogP contribution in [0.4, 0.5) is 0 Å². The molecule has 0 spiro atoms. The molecule has 3 unspecified atom stereocenters. The summed E-state index contributed by atoms with van der Waals surface area (Å²) < 4.78 is 11.6. The number of aliphatic carboxylic acids is 2. The molecule has 1 aromatic carbocycles. The number of benzene rings is 1. The van der Waals surface area contributed by atoms with Crippen LogP contribution in [0.15, 0.2) is 30.3 Å². The van der Waals surface area contributed by atoms with Crippen LogP contribution >= 0.6 is 0 Å². The molecule has 2 heterocycles. The minimum atomic E-state index is -1.82. The summed E-state index contributed by atoms with van der Waals surface area (Å²) in [5.74, 6) is -4.81. The van der Waals surface area contributed by atoms with Gasteiger partial charge in [0.15, 0.2) is 0 Å². The molecule has 3 aliphatic rings. The van der Waals surface area contributed by atoms with Crippen molar-refractivity contribution in [2.75, 3.05) is 7.05 Å². The van der Waals surface area contributed by atoms with E-state index < -0.39 is 17.9 Å². The Morgan fingerprint density at radius 3 is 1.97 bits per heavy atom. The Hall–Kier alpha value is -2.94. The third-order valence-electron chi connectivity index (χ3n) is 7.23. The smallest absolute Gasteiger partial charge is 0.414 e. The maximum atomic E-state index is 13.0. The summed E-state index contributed by atoms with van der Waals surface area (Å²) in [6.45, 7) is 0. The molecule has 192 valence electrons. The SMILES string of the molecule is CN1C2CCC1CC(OC(=O)CC(C(=O)OC1CCCCC1)c1ccccc1)C2.O=C(O)C(=O)O. The van der Waals surface area contributed by atoms with Crippen molar-refractivity contribution < 1.29 is 38.9 Å². The number of ether oxygens (including phenoxy) is 2. The molecule has 3 fully saturated rings. The Morgan fingerprint density at radius 2 is 1.43 bits per heavy atom. The Morgan fingerprint density at radius 1 is 0.857 bits per heavy atom. The molecule has 4 rings (SSSR count). The highest BCUT2D eigenvalue weighted by Gasteiger charge is 2.40. The number of esters is 2. The molecule has 3 atom stereocenters. The van der Waals surface area contributed by atoms with Crippen molar-refractivity contribution in [3.05, 3.63) is 35.9 Å². The van der Waals surface area contributed by atoms with Crippen LogP contribution in [0.25, 0.3) is 0 Å². The van der Waals surface area contributed by atoms with Crippen LogP contribution < -0.4 is 0 Å². The molecule has 9 heteroatoms. The van der Waals surface area contributed by atoms with Crippen LogP contribution in [0.5, 0.6) is 0 Å². The monoisotopic (exact) mass is 489 g/mol. The predicted octanol–water partition coefficient (Wildman–Crippen LogP) is 3.36. The van der Waals surface area contributed by atoms with Crippen LogP contribution in [0.2, 0.25) is 0 Å². The van der Waals surface area contributed by atoms with Gasteiger partial charge in [0, 0.05) is 12.1 Å². The average Bonchev–Trinajstić information content (AvgIpc) is 3.04. The fourth-order valence-electron chi connectivity index (χ4n) is 5.31. The van der Waals surface area contributed by atoms with Crippen molar-refractivity contribution in [2.24, 2.45) is 0 Å². The van der Waals surface area contributed by atoms with Gasteiger partial charge < -0.3 is 24.6 Å². The van der Waals surface area contributed by atoms with Gasteiger partial charge in [-0.05, 0) is 64.0 Å². The Bertz CT molecular complexity index is 857. The Kier molecular flexibility index (Phi) is 9.65. The van der Waals surface area contributed by atoms with Gasteiger partial charge in [-0.2, -0.15) is 0 Å². The minimum absolute atomic E-state index is 0.0111. The quantitative estimate of drug-likeness (QED) is 0.456. The van der Waals surface area contributed by atoms with E-state index in [9.17, 15) is 9.59 Å².